The molecular formula is C36H43N3O5S2. The van der Waals surface area contributed by atoms with Crippen molar-refractivity contribution in [3.8, 4) is 22.9 Å². The van der Waals surface area contributed by atoms with Gasteiger partial charge in [0.25, 0.3) is 5.56 Å². The molecule has 1 fully saturated rings. The fourth-order valence-corrected chi connectivity index (χ4v) is 9.14. The summed E-state index contributed by atoms with van der Waals surface area (Å²) in [6, 6.07) is 11.4. The Labute approximate surface area is 279 Å². The average molecular weight is 662 g/mol. The van der Waals surface area contributed by atoms with E-state index in [0.717, 1.165) is 64.7 Å². The highest BCUT2D eigenvalue weighted by molar-refractivity contribution is 7.99. The first-order valence-electron chi connectivity index (χ1n) is 15.9. The molecule has 1 aliphatic carbocycles. The lowest BCUT2D eigenvalue weighted by Gasteiger charge is -2.33. The molecule has 1 aliphatic heterocycles. The van der Waals surface area contributed by atoms with Crippen LogP contribution in [-0.4, -0.2) is 54.0 Å². The van der Waals surface area contributed by atoms with E-state index < -0.39 is 0 Å². The Balaban J connectivity index is 1.37. The van der Waals surface area contributed by atoms with Crippen molar-refractivity contribution in [2.24, 2.45) is 11.3 Å². The number of nitrogens with zero attached hydrogens (tertiary/aromatic N) is 3. The number of likely N-dealkylation sites (tertiary alicyclic amines) is 1. The largest absolute Gasteiger partial charge is 0.497 e. The highest BCUT2D eigenvalue weighted by Gasteiger charge is 2.34. The van der Waals surface area contributed by atoms with Crippen molar-refractivity contribution in [2.45, 2.75) is 71.0 Å². The first kappa shape index (κ1) is 32.4. The van der Waals surface area contributed by atoms with Crippen molar-refractivity contribution < 1.29 is 19.0 Å². The summed E-state index contributed by atoms with van der Waals surface area (Å²) in [6.45, 7) is 9.55. The molecule has 0 bridgehead atoms. The standard InChI is InChI=1S/C36H43N3O5S2/c1-21-10-12-23(42-5)18-28(21)39-34(41)32-26-14-11-22(36(2,3)4)17-30(26)46-33(32)37-35(39)45-20-31(40)38-16-8-9-27(38)25-15-13-24(43-6)19-29(25)44-7/h10,12-13,15,18-19,22,27H,8-9,11,14,16-17,20H2,1-7H3. The maximum Gasteiger partial charge on any atom is 0.267 e. The summed E-state index contributed by atoms with van der Waals surface area (Å²) >= 11 is 2.97. The molecule has 0 spiro atoms. The molecule has 244 valence electrons. The number of ether oxygens (including phenoxy) is 3. The monoisotopic (exact) mass is 661 g/mol. The summed E-state index contributed by atoms with van der Waals surface area (Å²) < 4.78 is 18.3. The molecule has 0 radical (unpaired) electrons. The minimum atomic E-state index is -0.0907. The van der Waals surface area contributed by atoms with Gasteiger partial charge in [0.05, 0.1) is 44.2 Å². The summed E-state index contributed by atoms with van der Waals surface area (Å²) in [5.41, 5.74) is 3.89. The normalized spacial score (nSPS) is 18.1. The topological polar surface area (TPSA) is 82.9 Å². The van der Waals surface area contributed by atoms with Crippen LogP contribution < -0.4 is 19.8 Å². The molecule has 4 aromatic rings. The molecule has 2 unspecified atom stereocenters. The summed E-state index contributed by atoms with van der Waals surface area (Å²) in [6.07, 6.45) is 4.66. The molecule has 2 atom stereocenters. The van der Waals surface area contributed by atoms with Gasteiger partial charge in [-0.2, -0.15) is 0 Å². The van der Waals surface area contributed by atoms with Gasteiger partial charge < -0.3 is 19.1 Å². The predicted octanol–water partition coefficient (Wildman–Crippen LogP) is 7.39. The number of thiophene rings is 1. The third-order valence-corrected chi connectivity index (χ3v) is 11.7. The first-order valence-corrected chi connectivity index (χ1v) is 17.7. The lowest BCUT2D eigenvalue weighted by Crippen LogP contribution is -2.32. The molecule has 3 heterocycles. The van der Waals surface area contributed by atoms with E-state index in [9.17, 15) is 9.59 Å². The molecule has 1 saturated heterocycles. The smallest absolute Gasteiger partial charge is 0.267 e. The quantitative estimate of drug-likeness (QED) is 0.144. The third-order valence-electron chi connectivity index (χ3n) is 9.63. The van der Waals surface area contributed by atoms with Gasteiger partial charge in [0.15, 0.2) is 5.16 Å². The van der Waals surface area contributed by atoms with Gasteiger partial charge in [-0.3, -0.25) is 14.2 Å². The molecule has 0 saturated carbocycles. The van der Waals surface area contributed by atoms with Crippen molar-refractivity contribution in [2.75, 3.05) is 33.6 Å². The van der Waals surface area contributed by atoms with Crippen LogP contribution in [-0.2, 0) is 17.6 Å². The van der Waals surface area contributed by atoms with E-state index in [0.29, 0.717) is 34.9 Å². The predicted molar refractivity (Wildman–Crippen MR) is 185 cm³/mol. The first-order chi connectivity index (χ1) is 22.0. The van der Waals surface area contributed by atoms with E-state index in [1.54, 1.807) is 37.2 Å². The van der Waals surface area contributed by atoms with Crippen molar-refractivity contribution in [3.05, 3.63) is 68.3 Å². The summed E-state index contributed by atoms with van der Waals surface area (Å²) in [4.78, 5) is 37.5. The van der Waals surface area contributed by atoms with Gasteiger partial charge in [0, 0.05) is 29.1 Å². The number of methoxy groups -OCH3 is 3. The van der Waals surface area contributed by atoms with Crippen LogP contribution in [0.1, 0.15) is 67.6 Å². The zero-order chi connectivity index (χ0) is 32.7. The van der Waals surface area contributed by atoms with Gasteiger partial charge in [-0.05, 0) is 79.7 Å². The number of hydrogen-bond acceptors (Lipinski definition) is 8. The van der Waals surface area contributed by atoms with Crippen LogP contribution in [0.4, 0.5) is 0 Å². The Hall–Kier alpha value is -3.50. The maximum absolute atomic E-state index is 14.5. The molecular weight excluding hydrogens is 619 g/mol. The van der Waals surface area contributed by atoms with Crippen LogP contribution in [0.2, 0.25) is 0 Å². The fourth-order valence-electron chi connectivity index (χ4n) is 6.90. The molecule has 46 heavy (non-hydrogen) atoms. The number of benzene rings is 2. The number of aryl methyl sites for hydroxylation is 2. The number of amides is 1. The van der Waals surface area contributed by atoms with E-state index in [-0.39, 0.29) is 28.7 Å². The number of hydrogen-bond donors (Lipinski definition) is 0. The molecule has 2 aromatic heterocycles. The van der Waals surface area contributed by atoms with Crippen molar-refractivity contribution in [1.29, 1.82) is 0 Å². The summed E-state index contributed by atoms with van der Waals surface area (Å²) in [7, 11) is 4.89. The number of carbonyl (C=O) groups excluding carboxylic acids is 1. The number of fused-ring (bicyclic) bond motifs is 3. The van der Waals surface area contributed by atoms with Crippen molar-refractivity contribution >= 4 is 39.2 Å². The van der Waals surface area contributed by atoms with E-state index in [1.165, 1.54) is 16.6 Å². The van der Waals surface area contributed by atoms with Crippen LogP contribution in [0, 0.1) is 18.3 Å². The highest BCUT2D eigenvalue weighted by atomic mass is 32.2. The Bertz CT molecular complexity index is 1840. The molecule has 6 rings (SSSR count). The number of rotatable bonds is 8. The highest BCUT2D eigenvalue weighted by Crippen LogP contribution is 2.43. The van der Waals surface area contributed by atoms with Crippen LogP contribution in [0.5, 0.6) is 17.2 Å². The van der Waals surface area contributed by atoms with E-state index >= 15 is 0 Å². The molecule has 2 aromatic carbocycles. The van der Waals surface area contributed by atoms with Gasteiger partial charge in [-0.25, -0.2) is 4.98 Å². The minimum Gasteiger partial charge on any atom is -0.497 e. The second-order valence-corrected chi connectivity index (χ2v) is 15.3. The third kappa shape index (κ3) is 6.01. The SMILES string of the molecule is COc1ccc(C2CCCN2C(=O)CSc2nc3sc4c(c3c(=O)n2-c2cc(OC)ccc2C)CCC(C(C)(C)C)C4)c(OC)c1. The number of aromatic nitrogens is 2. The Morgan fingerprint density at radius 2 is 1.78 bits per heavy atom. The number of carbonyl (C=O) groups is 1. The van der Waals surface area contributed by atoms with E-state index in [1.807, 2.05) is 48.2 Å². The van der Waals surface area contributed by atoms with Gasteiger partial charge in [-0.15, -0.1) is 11.3 Å². The van der Waals surface area contributed by atoms with Gasteiger partial charge in [-0.1, -0.05) is 38.6 Å². The number of thioether (sulfide) groups is 1. The zero-order valence-electron chi connectivity index (χ0n) is 27.8. The zero-order valence-corrected chi connectivity index (χ0v) is 29.4. The van der Waals surface area contributed by atoms with Crippen LogP contribution in [0.3, 0.4) is 0 Å². The lowest BCUT2D eigenvalue weighted by molar-refractivity contribution is -0.129. The second kappa shape index (κ2) is 13.0. The van der Waals surface area contributed by atoms with Crippen LogP contribution >= 0.6 is 23.1 Å². The Kier molecular flexibility index (Phi) is 9.13. The fraction of sp³-hybridized carbons (Fsp3) is 0.472. The lowest BCUT2D eigenvalue weighted by atomic mass is 9.72. The molecule has 1 amide bonds. The molecule has 0 N–H and O–H groups in total. The Morgan fingerprint density at radius 1 is 1.04 bits per heavy atom. The van der Waals surface area contributed by atoms with Crippen LogP contribution in [0.25, 0.3) is 15.9 Å². The maximum atomic E-state index is 14.5. The molecule has 2 aliphatic rings. The van der Waals surface area contributed by atoms with E-state index in [4.69, 9.17) is 19.2 Å². The molecule has 8 nitrogen and oxygen atoms in total. The van der Waals surface area contributed by atoms with Crippen molar-refractivity contribution in [1.82, 2.24) is 14.5 Å². The van der Waals surface area contributed by atoms with Gasteiger partial charge in [0.1, 0.15) is 22.1 Å². The molecule has 10 heteroatoms. The van der Waals surface area contributed by atoms with E-state index in [2.05, 4.69) is 20.8 Å². The van der Waals surface area contributed by atoms with Crippen LogP contribution in [0.15, 0.2) is 46.3 Å². The minimum absolute atomic E-state index is 0.00660. The Morgan fingerprint density at radius 3 is 2.50 bits per heavy atom. The van der Waals surface area contributed by atoms with Crippen molar-refractivity contribution in [3.63, 3.8) is 0 Å². The summed E-state index contributed by atoms with van der Waals surface area (Å²) in [5, 5.41) is 1.24. The average Bonchev–Trinajstić information content (AvgIpc) is 3.68. The summed E-state index contributed by atoms with van der Waals surface area (Å²) in [5.74, 6) is 2.80. The van der Waals surface area contributed by atoms with Gasteiger partial charge >= 0.3 is 0 Å². The second-order valence-electron chi connectivity index (χ2n) is 13.3. The van der Waals surface area contributed by atoms with Gasteiger partial charge in [0.2, 0.25) is 5.91 Å².